The van der Waals surface area contributed by atoms with Crippen molar-refractivity contribution in [1.82, 2.24) is 15.6 Å². The van der Waals surface area contributed by atoms with Crippen LogP contribution in [0.2, 0.25) is 0 Å². The molecular weight excluding hydrogens is 462 g/mol. The Labute approximate surface area is 217 Å². The number of benzene rings is 3. The van der Waals surface area contributed by atoms with Gasteiger partial charge in [-0.1, -0.05) is 60.7 Å². The van der Waals surface area contributed by atoms with Gasteiger partial charge in [-0.3, -0.25) is 14.6 Å². The highest BCUT2D eigenvalue weighted by Crippen LogP contribution is 2.35. The fraction of sp³-hybridized carbons (Fsp3) is 0.258. The molecule has 0 saturated carbocycles. The van der Waals surface area contributed by atoms with E-state index in [4.69, 9.17) is 4.74 Å². The first-order valence-corrected chi connectivity index (χ1v) is 12.7. The van der Waals surface area contributed by atoms with E-state index >= 15 is 0 Å². The lowest BCUT2D eigenvalue weighted by Crippen LogP contribution is -2.44. The van der Waals surface area contributed by atoms with Crippen LogP contribution >= 0.6 is 0 Å². The largest absolute Gasteiger partial charge is 0.496 e. The lowest BCUT2D eigenvalue weighted by Gasteiger charge is -2.30. The third-order valence-corrected chi connectivity index (χ3v) is 7.27. The molecule has 1 fully saturated rings. The summed E-state index contributed by atoms with van der Waals surface area (Å²) in [5, 5.41) is 8.59. The monoisotopic (exact) mass is 493 g/mol. The Balaban J connectivity index is 1.35. The SMILES string of the molecule is COc1ccc(C[C@]2(CCC(=O)N[C@@H](c3ccccc3)c3ccncc3)CCC(=O)N2)c2ccccc12. The van der Waals surface area contributed by atoms with Gasteiger partial charge in [0.05, 0.1) is 13.2 Å². The predicted octanol–water partition coefficient (Wildman–Crippen LogP) is 5.12. The minimum atomic E-state index is -0.468. The fourth-order valence-electron chi connectivity index (χ4n) is 5.36. The molecule has 1 aromatic heterocycles. The standard InChI is InChI=1S/C31H31N3O3/c1-37-27-12-11-24(25-9-5-6-10-26(25)27)21-31(18-14-29(36)34-31)17-13-28(35)33-30(22-7-3-2-4-8-22)23-15-19-32-20-16-23/h2-12,15-16,19-20,30H,13-14,17-18,21H2,1H3,(H,33,35)(H,34,36)/t30-,31-/m0/s1. The van der Waals surface area contributed by atoms with Crippen LogP contribution in [0.1, 0.15) is 48.4 Å². The molecule has 6 heteroatoms. The van der Waals surface area contributed by atoms with Gasteiger partial charge in [0, 0.05) is 36.2 Å². The van der Waals surface area contributed by atoms with Gasteiger partial charge in [0.2, 0.25) is 11.8 Å². The number of rotatable bonds is 9. The maximum atomic E-state index is 13.3. The van der Waals surface area contributed by atoms with Crippen molar-refractivity contribution in [2.75, 3.05) is 7.11 Å². The van der Waals surface area contributed by atoms with Crippen molar-refractivity contribution >= 4 is 22.6 Å². The number of hydrogen-bond donors (Lipinski definition) is 2. The van der Waals surface area contributed by atoms with Crippen LogP contribution in [0.5, 0.6) is 5.75 Å². The fourth-order valence-corrected chi connectivity index (χ4v) is 5.36. The third-order valence-electron chi connectivity index (χ3n) is 7.27. The van der Waals surface area contributed by atoms with E-state index in [-0.39, 0.29) is 17.9 Å². The summed E-state index contributed by atoms with van der Waals surface area (Å²) in [5.74, 6) is 0.814. The molecule has 1 aliphatic heterocycles. The average Bonchev–Trinajstić information content (AvgIpc) is 3.32. The van der Waals surface area contributed by atoms with Gasteiger partial charge in [-0.05, 0) is 59.5 Å². The molecule has 5 rings (SSSR count). The van der Waals surface area contributed by atoms with E-state index in [0.717, 1.165) is 33.2 Å². The molecule has 0 bridgehead atoms. The number of carbonyl (C=O) groups is 2. The number of methoxy groups -OCH3 is 1. The van der Waals surface area contributed by atoms with E-state index in [0.29, 0.717) is 32.1 Å². The second-order valence-corrected chi connectivity index (χ2v) is 9.67. The smallest absolute Gasteiger partial charge is 0.220 e. The summed E-state index contributed by atoms with van der Waals surface area (Å²) in [7, 11) is 1.67. The highest BCUT2D eigenvalue weighted by atomic mass is 16.5. The minimum Gasteiger partial charge on any atom is -0.496 e. The van der Waals surface area contributed by atoms with Crippen LogP contribution in [0.15, 0.2) is 91.3 Å². The summed E-state index contributed by atoms with van der Waals surface area (Å²) >= 11 is 0. The number of hydrogen-bond acceptors (Lipinski definition) is 4. The molecule has 2 heterocycles. The van der Waals surface area contributed by atoms with E-state index < -0.39 is 5.54 Å². The van der Waals surface area contributed by atoms with Crippen LogP contribution in [0, 0.1) is 0 Å². The molecule has 4 aromatic rings. The minimum absolute atomic E-state index is 0.0390. The molecule has 2 N–H and O–H groups in total. The zero-order valence-corrected chi connectivity index (χ0v) is 20.9. The summed E-state index contributed by atoms with van der Waals surface area (Å²) in [6, 6.07) is 25.7. The molecule has 3 aromatic carbocycles. The number of nitrogens with one attached hydrogen (secondary N) is 2. The van der Waals surface area contributed by atoms with Crippen LogP contribution in [0.4, 0.5) is 0 Å². The van der Waals surface area contributed by atoms with Gasteiger partial charge < -0.3 is 15.4 Å². The van der Waals surface area contributed by atoms with Crippen LogP contribution in [0.3, 0.4) is 0 Å². The molecular formula is C31H31N3O3. The molecule has 2 amide bonds. The highest BCUT2D eigenvalue weighted by Gasteiger charge is 2.38. The first kappa shape index (κ1) is 24.5. The van der Waals surface area contributed by atoms with Gasteiger partial charge in [0.1, 0.15) is 5.75 Å². The van der Waals surface area contributed by atoms with Gasteiger partial charge >= 0.3 is 0 Å². The Kier molecular flexibility index (Phi) is 7.17. The van der Waals surface area contributed by atoms with Gasteiger partial charge in [0.25, 0.3) is 0 Å². The number of carbonyl (C=O) groups excluding carboxylic acids is 2. The highest BCUT2D eigenvalue weighted by molar-refractivity contribution is 5.91. The summed E-state index contributed by atoms with van der Waals surface area (Å²) in [6.07, 6.45) is 6.17. The number of ether oxygens (including phenoxy) is 1. The Bertz CT molecular complexity index is 1350. The van der Waals surface area contributed by atoms with E-state index in [2.05, 4.69) is 27.8 Å². The lowest BCUT2D eigenvalue weighted by molar-refractivity contribution is -0.123. The van der Waals surface area contributed by atoms with Crippen LogP contribution in [0.25, 0.3) is 10.8 Å². The normalized spacial score (nSPS) is 17.8. The van der Waals surface area contributed by atoms with E-state index in [9.17, 15) is 9.59 Å². The van der Waals surface area contributed by atoms with Crippen molar-refractivity contribution in [2.45, 2.75) is 43.7 Å². The summed E-state index contributed by atoms with van der Waals surface area (Å²) < 4.78 is 5.56. The Morgan fingerprint density at radius 3 is 2.38 bits per heavy atom. The van der Waals surface area contributed by atoms with Gasteiger partial charge in [-0.15, -0.1) is 0 Å². The summed E-state index contributed by atoms with van der Waals surface area (Å²) in [4.78, 5) is 29.8. The Morgan fingerprint density at radius 2 is 1.68 bits per heavy atom. The molecule has 1 saturated heterocycles. The quantitative estimate of drug-likeness (QED) is 0.339. The Morgan fingerprint density at radius 1 is 0.973 bits per heavy atom. The van der Waals surface area contributed by atoms with Crippen molar-refractivity contribution in [2.24, 2.45) is 0 Å². The predicted molar refractivity (Wildman–Crippen MR) is 144 cm³/mol. The maximum absolute atomic E-state index is 13.3. The number of pyridine rings is 1. The molecule has 2 atom stereocenters. The second-order valence-electron chi connectivity index (χ2n) is 9.67. The van der Waals surface area contributed by atoms with Gasteiger partial charge in [-0.2, -0.15) is 0 Å². The number of aromatic nitrogens is 1. The first-order chi connectivity index (χ1) is 18.1. The molecule has 0 spiro atoms. The second kappa shape index (κ2) is 10.8. The van der Waals surface area contributed by atoms with Crippen molar-refractivity contribution in [3.63, 3.8) is 0 Å². The van der Waals surface area contributed by atoms with Crippen molar-refractivity contribution in [3.05, 3.63) is 108 Å². The van der Waals surface area contributed by atoms with E-state index in [1.165, 1.54) is 0 Å². The van der Waals surface area contributed by atoms with Crippen LogP contribution in [-0.2, 0) is 16.0 Å². The Hall–Kier alpha value is -4.19. The van der Waals surface area contributed by atoms with Crippen molar-refractivity contribution in [1.29, 1.82) is 0 Å². The summed E-state index contributed by atoms with van der Waals surface area (Å²) in [5.41, 5.74) is 2.65. The zero-order valence-electron chi connectivity index (χ0n) is 20.9. The molecule has 0 unspecified atom stereocenters. The van der Waals surface area contributed by atoms with Crippen LogP contribution < -0.4 is 15.4 Å². The molecule has 188 valence electrons. The van der Waals surface area contributed by atoms with Crippen molar-refractivity contribution in [3.8, 4) is 5.75 Å². The molecule has 0 aliphatic carbocycles. The van der Waals surface area contributed by atoms with Crippen molar-refractivity contribution < 1.29 is 14.3 Å². The first-order valence-electron chi connectivity index (χ1n) is 12.7. The lowest BCUT2D eigenvalue weighted by atomic mass is 9.83. The van der Waals surface area contributed by atoms with Gasteiger partial charge in [-0.25, -0.2) is 0 Å². The van der Waals surface area contributed by atoms with Crippen LogP contribution in [-0.4, -0.2) is 29.4 Å². The summed E-state index contributed by atoms with van der Waals surface area (Å²) in [6.45, 7) is 0. The number of nitrogens with zero attached hydrogens (tertiary/aromatic N) is 1. The molecule has 0 radical (unpaired) electrons. The van der Waals surface area contributed by atoms with E-state index in [1.807, 2.05) is 66.7 Å². The van der Waals surface area contributed by atoms with E-state index in [1.54, 1.807) is 19.5 Å². The average molecular weight is 494 g/mol. The number of fused-ring (bicyclic) bond motifs is 1. The molecule has 6 nitrogen and oxygen atoms in total. The topological polar surface area (TPSA) is 80.3 Å². The zero-order chi connectivity index (χ0) is 25.7. The molecule has 37 heavy (non-hydrogen) atoms. The maximum Gasteiger partial charge on any atom is 0.220 e. The number of amides is 2. The molecule has 1 aliphatic rings. The van der Waals surface area contributed by atoms with Gasteiger partial charge in [0.15, 0.2) is 0 Å². The third kappa shape index (κ3) is 5.48.